The number of anilines is 1. The zero-order valence-electron chi connectivity index (χ0n) is 22.0. The van der Waals surface area contributed by atoms with Gasteiger partial charge in [0.15, 0.2) is 0 Å². The predicted molar refractivity (Wildman–Crippen MR) is 160 cm³/mol. The van der Waals surface area contributed by atoms with Crippen molar-refractivity contribution in [3.8, 4) is 0 Å². The SMILES string of the molecule is CCCCNC(=O)C(Cc1ccccc1)N(Cc1ccccc1Cl)C(=O)CN(c1ccc(Br)cc1)S(C)(=O)=O. The second-order valence-corrected chi connectivity index (χ2v) is 12.4. The van der Waals surface area contributed by atoms with E-state index in [2.05, 4.69) is 21.2 Å². The van der Waals surface area contributed by atoms with E-state index in [1.54, 1.807) is 42.5 Å². The lowest BCUT2D eigenvalue weighted by Crippen LogP contribution is -2.53. The van der Waals surface area contributed by atoms with Crippen molar-refractivity contribution >= 4 is 55.1 Å². The van der Waals surface area contributed by atoms with Crippen molar-refractivity contribution in [1.82, 2.24) is 10.2 Å². The Labute approximate surface area is 244 Å². The Balaban J connectivity index is 2.03. The lowest BCUT2D eigenvalue weighted by Gasteiger charge is -2.33. The zero-order chi connectivity index (χ0) is 28.4. The van der Waals surface area contributed by atoms with Gasteiger partial charge in [0.1, 0.15) is 12.6 Å². The highest BCUT2D eigenvalue weighted by Gasteiger charge is 2.33. The van der Waals surface area contributed by atoms with Crippen LogP contribution in [0.5, 0.6) is 0 Å². The van der Waals surface area contributed by atoms with Gasteiger partial charge in [0.25, 0.3) is 0 Å². The van der Waals surface area contributed by atoms with Crippen molar-refractivity contribution in [1.29, 1.82) is 0 Å². The molecular weight excluding hydrogens is 602 g/mol. The molecule has 2 amide bonds. The molecule has 0 radical (unpaired) electrons. The fraction of sp³-hybridized carbons (Fsp3) is 0.310. The van der Waals surface area contributed by atoms with Gasteiger partial charge in [-0.15, -0.1) is 0 Å². The number of hydrogen-bond acceptors (Lipinski definition) is 4. The average Bonchev–Trinajstić information content (AvgIpc) is 2.91. The topological polar surface area (TPSA) is 86.8 Å². The zero-order valence-corrected chi connectivity index (χ0v) is 25.2. The summed E-state index contributed by atoms with van der Waals surface area (Å²) in [5.74, 6) is -0.822. The summed E-state index contributed by atoms with van der Waals surface area (Å²) in [4.78, 5) is 29.0. The van der Waals surface area contributed by atoms with Gasteiger partial charge in [-0.3, -0.25) is 13.9 Å². The van der Waals surface area contributed by atoms with E-state index in [1.165, 1.54) is 4.90 Å². The molecule has 10 heteroatoms. The van der Waals surface area contributed by atoms with Gasteiger partial charge in [0.2, 0.25) is 21.8 Å². The van der Waals surface area contributed by atoms with Gasteiger partial charge in [-0.25, -0.2) is 8.42 Å². The summed E-state index contributed by atoms with van der Waals surface area (Å²) >= 11 is 9.81. The highest BCUT2D eigenvalue weighted by molar-refractivity contribution is 9.10. The van der Waals surface area contributed by atoms with Crippen LogP contribution >= 0.6 is 27.5 Å². The molecule has 0 heterocycles. The number of amides is 2. The fourth-order valence-corrected chi connectivity index (χ4v) is 5.40. The number of carbonyl (C=O) groups excluding carboxylic acids is 2. The molecule has 0 aromatic heterocycles. The minimum absolute atomic E-state index is 0.0368. The first-order chi connectivity index (χ1) is 18.6. The molecule has 0 fully saturated rings. The molecule has 7 nitrogen and oxygen atoms in total. The van der Waals surface area contributed by atoms with Crippen molar-refractivity contribution < 1.29 is 18.0 Å². The lowest BCUT2D eigenvalue weighted by molar-refractivity contribution is -0.140. The molecule has 0 aliphatic rings. The van der Waals surface area contributed by atoms with Crippen LogP contribution in [0.3, 0.4) is 0 Å². The van der Waals surface area contributed by atoms with Crippen LogP contribution in [0, 0.1) is 0 Å². The van der Waals surface area contributed by atoms with Gasteiger partial charge < -0.3 is 10.2 Å². The van der Waals surface area contributed by atoms with Gasteiger partial charge >= 0.3 is 0 Å². The second-order valence-electron chi connectivity index (χ2n) is 9.21. The van der Waals surface area contributed by atoms with E-state index in [-0.39, 0.29) is 18.9 Å². The van der Waals surface area contributed by atoms with Crippen LogP contribution in [0.2, 0.25) is 5.02 Å². The summed E-state index contributed by atoms with van der Waals surface area (Å²) in [6.07, 6.45) is 3.02. The Morgan fingerprint density at radius 3 is 2.23 bits per heavy atom. The first kappa shape index (κ1) is 30.7. The fourth-order valence-electron chi connectivity index (χ4n) is 4.09. The Hall–Kier alpha value is -2.88. The predicted octanol–water partition coefficient (Wildman–Crippen LogP) is 5.42. The molecule has 39 heavy (non-hydrogen) atoms. The van der Waals surface area contributed by atoms with Crippen LogP contribution in [0.4, 0.5) is 5.69 Å². The molecule has 3 rings (SSSR count). The Morgan fingerprint density at radius 1 is 0.974 bits per heavy atom. The quantitative estimate of drug-likeness (QED) is 0.254. The molecule has 3 aromatic rings. The molecule has 0 bridgehead atoms. The van der Waals surface area contributed by atoms with Crippen LogP contribution in [0.15, 0.2) is 83.3 Å². The summed E-state index contributed by atoms with van der Waals surface area (Å²) in [5.41, 5.74) is 1.87. The maximum absolute atomic E-state index is 14.0. The van der Waals surface area contributed by atoms with Gasteiger partial charge in [-0.05, 0) is 47.9 Å². The number of unbranched alkanes of at least 4 members (excludes halogenated alkanes) is 1. The first-order valence-electron chi connectivity index (χ1n) is 12.7. The Morgan fingerprint density at radius 2 is 1.62 bits per heavy atom. The molecule has 0 aliphatic carbocycles. The molecule has 1 N–H and O–H groups in total. The third-order valence-electron chi connectivity index (χ3n) is 6.19. The van der Waals surface area contributed by atoms with Crippen molar-refractivity contribution in [2.24, 2.45) is 0 Å². The molecular formula is C29H33BrClN3O4S. The van der Waals surface area contributed by atoms with Crippen LogP contribution in [0.25, 0.3) is 0 Å². The van der Waals surface area contributed by atoms with E-state index in [0.29, 0.717) is 22.8 Å². The Kier molecular flexibility index (Phi) is 11.4. The molecule has 0 saturated carbocycles. The number of halogens is 2. The maximum Gasteiger partial charge on any atom is 0.244 e. The van der Waals surface area contributed by atoms with E-state index in [1.807, 2.05) is 43.3 Å². The molecule has 3 aromatic carbocycles. The summed E-state index contributed by atoms with van der Waals surface area (Å²) in [5, 5.41) is 3.41. The monoisotopic (exact) mass is 633 g/mol. The van der Waals surface area contributed by atoms with Crippen LogP contribution in [-0.2, 0) is 32.6 Å². The van der Waals surface area contributed by atoms with E-state index < -0.39 is 28.5 Å². The van der Waals surface area contributed by atoms with Crippen molar-refractivity contribution in [3.05, 3.63) is 99.5 Å². The highest BCUT2D eigenvalue weighted by Crippen LogP contribution is 2.24. The van der Waals surface area contributed by atoms with E-state index in [9.17, 15) is 18.0 Å². The lowest BCUT2D eigenvalue weighted by atomic mass is 10.0. The number of rotatable bonds is 13. The molecule has 0 spiro atoms. The summed E-state index contributed by atoms with van der Waals surface area (Å²) < 4.78 is 27.4. The summed E-state index contributed by atoms with van der Waals surface area (Å²) in [6.45, 7) is 2.07. The number of nitrogens with zero attached hydrogens (tertiary/aromatic N) is 2. The van der Waals surface area contributed by atoms with Crippen molar-refractivity contribution in [2.75, 3.05) is 23.7 Å². The third kappa shape index (κ3) is 9.08. The van der Waals surface area contributed by atoms with E-state index >= 15 is 0 Å². The van der Waals surface area contributed by atoms with Crippen LogP contribution in [-0.4, -0.2) is 50.5 Å². The normalized spacial score (nSPS) is 12.0. The smallest absolute Gasteiger partial charge is 0.244 e. The first-order valence-corrected chi connectivity index (χ1v) is 15.7. The average molecular weight is 635 g/mol. The maximum atomic E-state index is 14.0. The standard InChI is InChI=1S/C29H33BrClN3O4S/c1-3-4-18-32-29(36)27(19-22-10-6-5-7-11-22)33(20-23-12-8-9-13-26(23)31)28(35)21-34(39(2,37)38)25-16-14-24(30)15-17-25/h5-17,27H,3-4,18-21H2,1-2H3,(H,32,36). The third-order valence-corrected chi connectivity index (χ3v) is 8.23. The molecule has 1 atom stereocenters. The van der Waals surface area contributed by atoms with Crippen LogP contribution in [0.1, 0.15) is 30.9 Å². The second kappa shape index (κ2) is 14.5. The van der Waals surface area contributed by atoms with E-state index in [4.69, 9.17) is 11.6 Å². The van der Waals surface area contributed by atoms with Crippen molar-refractivity contribution in [3.63, 3.8) is 0 Å². The van der Waals surface area contributed by atoms with Gasteiger partial charge in [0.05, 0.1) is 11.9 Å². The summed E-state index contributed by atoms with van der Waals surface area (Å²) in [6, 6.07) is 22.3. The van der Waals surface area contributed by atoms with Gasteiger partial charge in [-0.2, -0.15) is 0 Å². The molecule has 0 aliphatic heterocycles. The van der Waals surface area contributed by atoms with Crippen molar-refractivity contribution in [2.45, 2.75) is 38.8 Å². The van der Waals surface area contributed by atoms with Crippen LogP contribution < -0.4 is 9.62 Å². The minimum Gasteiger partial charge on any atom is -0.354 e. The largest absolute Gasteiger partial charge is 0.354 e. The molecule has 1 unspecified atom stereocenters. The Bertz CT molecular complexity index is 1350. The number of carbonyl (C=O) groups is 2. The van der Waals surface area contributed by atoms with Gasteiger partial charge in [0, 0.05) is 29.0 Å². The minimum atomic E-state index is -3.82. The molecule has 208 valence electrons. The highest BCUT2D eigenvalue weighted by atomic mass is 79.9. The summed E-state index contributed by atoms with van der Waals surface area (Å²) in [7, 11) is -3.82. The van der Waals surface area contributed by atoms with Gasteiger partial charge in [-0.1, -0.05) is 89.4 Å². The number of hydrogen-bond donors (Lipinski definition) is 1. The number of nitrogens with one attached hydrogen (secondary N) is 1. The number of benzene rings is 3. The van der Waals surface area contributed by atoms with E-state index in [0.717, 1.165) is 33.4 Å². The molecule has 0 saturated heterocycles. The number of sulfonamides is 1.